The predicted octanol–water partition coefficient (Wildman–Crippen LogP) is 3.11. The van der Waals surface area contributed by atoms with Gasteiger partial charge in [-0.3, -0.25) is 0 Å². The minimum atomic E-state index is 0.749. The molecule has 0 aliphatic heterocycles. The summed E-state index contributed by atoms with van der Waals surface area (Å²) in [4.78, 5) is 0. The molecular weight excluding hydrogens is 206 g/mol. The average molecular weight is 223 g/mol. The van der Waals surface area contributed by atoms with Crippen LogP contribution in [0.2, 0.25) is 0 Å². The van der Waals surface area contributed by atoms with E-state index >= 15 is 0 Å². The molecule has 2 aromatic carbocycles. The third kappa shape index (κ3) is 2.67. The van der Waals surface area contributed by atoms with Crippen molar-refractivity contribution in [2.24, 2.45) is 0 Å². The second kappa shape index (κ2) is 5.52. The number of nitrogens with one attached hydrogen (secondary N) is 1. The van der Waals surface area contributed by atoms with Gasteiger partial charge in [-0.1, -0.05) is 55.2 Å². The lowest BCUT2D eigenvalue weighted by atomic mass is 10.0. The van der Waals surface area contributed by atoms with Crippen LogP contribution in [-0.4, -0.2) is 13.1 Å². The number of fused-ring (bicyclic) bond motifs is 1. The zero-order valence-corrected chi connectivity index (χ0v) is 10.4. The molecule has 1 nitrogen and oxygen atoms in total. The Morgan fingerprint density at radius 2 is 1.94 bits per heavy atom. The summed E-state index contributed by atoms with van der Waals surface area (Å²) >= 11 is 0. The van der Waals surface area contributed by atoms with Crippen molar-refractivity contribution in [3.05, 3.63) is 47.5 Å². The van der Waals surface area contributed by atoms with Crippen LogP contribution in [0.25, 0.3) is 10.8 Å². The van der Waals surface area contributed by atoms with E-state index in [1.54, 1.807) is 0 Å². The molecule has 0 atom stereocenters. The summed E-state index contributed by atoms with van der Waals surface area (Å²) in [7, 11) is 0. The van der Waals surface area contributed by atoms with Gasteiger partial charge in [-0.05, 0) is 29.8 Å². The second-order valence-corrected chi connectivity index (χ2v) is 4.06. The lowest BCUT2D eigenvalue weighted by Crippen LogP contribution is -2.11. The quantitative estimate of drug-likeness (QED) is 0.609. The van der Waals surface area contributed by atoms with Gasteiger partial charge in [-0.15, -0.1) is 0 Å². The van der Waals surface area contributed by atoms with Gasteiger partial charge in [0.1, 0.15) is 0 Å². The molecule has 0 unspecified atom stereocenters. The molecule has 86 valence electrons. The lowest BCUT2D eigenvalue weighted by molar-refractivity contribution is 0.811. The number of aryl methyl sites for hydroxylation is 1. The third-order valence-electron chi connectivity index (χ3n) is 2.81. The molecule has 0 radical (unpaired) electrons. The van der Waals surface area contributed by atoms with Crippen LogP contribution in [0.1, 0.15) is 18.1 Å². The summed E-state index contributed by atoms with van der Waals surface area (Å²) in [5.41, 5.74) is 2.40. The Morgan fingerprint density at radius 1 is 1.12 bits per heavy atom. The minimum Gasteiger partial charge on any atom is -0.306 e. The summed E-state index contributed by atoms with van der Waals surface area (Å²) < 4.78 is 0. The fourth-order valence-corrected chi connectivity index (χ4v) is 1.87. The highest BCUT2D eigenvalue weighted by atomic mass is 14.8. The van der Waals surface area contributed by atoms with E-state index in [9.17, 15) is 0 Å². The van der Waals surface area contributed by atoms with E-state index in [1.807, 2.05) is 0 Å². The van der Waals surface area contributed by atoms with Crippen molar-refractivity contribution in [2.75, 3.05) is 13.1 Å². The van der Waals surface area contributed by atoms with E-state index in [-0.39, 0.29) is 0 Å². The van der Waals surface area contributed by atoms with Crippen LogP contribution in [-0.2, 0) is 0 Å². The molecule has 0 saturated heterocycles. The maximum absolute atomic E-state index is 3.28. The third-order valence-corrected chi connectivity index (χ3v) is 2.81. The molecule has 0 fully saturated rings. The molecule has 0 saturated carbocycles. The molecule has 0 spiro atoms. The normalized spacial score (nSPS) is 10.0. The van der Waals surface area contributed by atoms with Gasteiger partial charge in [0.25, 0.3) is 0 Å². The maximum atomic E-state index is 3.28. The van der Waals surface area contributed by atoms with Gasteiger partial charge >= 0.3 is 0 Å². The van der Waals surface area contributed by atoms with E-state index in [0.29, 0.717) is 0 Å². The fraction of sp³-hybridized carbons (Fsp3) is 0.250. The maximum Gasteiger partial charge on any atom is 0.0580 e. The summed E-state index contributed by atoms with van der Waals surface area (Å²) in [6.07, 6.45) is 0. The summed E-state index contributed by atoms with van der Waals surface area (Å²) in [6.45, 7) is 5.91. The van der Waals surface area contributed by atoms with Crippen LogP contribution in [0, 0.1) is 18.8 Å². The Morgan fingerprint density at radius 3 is 2.76 bits per heavy atom. The van der Waals surface area contributed by atoms with Crippen molar-refractivity contribution < 1.29 is 0 Å². The summed E-state index contributed by atoms with van der Waals surface area (Å²) in [6, 6.07) is 12.7. The first-order chi connectivity index (χ1) is 8.33. The van der Waals surface area contributed by atoms with Gasteiger partial charge in [0.2, 0.25) is 0 Å². The van der Waals surface area contributed by atoms with Gasteiger partial charge in [0.05, 0.1) is 6.54 Å². The number of rotatable bonds is 2. The van der Waals surface area contributed by atoms with E-state index in [0.717, 1.165) is 18.7 Å². The molecule has 1 N–H and O–H groups in total. The molecule has 17 heavy (non-hydrogen) atoms. The van der Waals surface area contributed by atoms with Crippen molar-refractivity contribution in [3.63, 3.8) is 0 Å². The topological polar surface area (TPSA) is 12.0 Å². The van der Waals surface area contributed by atoms with Crippen LogP contribution in [0.15, 0.2) is 36.4 Å². The first-order valence-electron chi connectivity index (χ1n) is 6.01. The Bertz CT molecular complexity index is 573. The molecule has 1 heteroatoms. The largest absolute Gasteiger partial charge is 0.306 e. The highest BCUT2D eigenvalue weighted by Crippen LogP contribution is 2.20. The van der Waals surface area contributed by atoms with Crippen molar-refractivity contribution >= 4 is 10.8 Å². The van der Waals surface area contributed by atoms with E-state index in [4.69, 9.17) is 0 Å². The molecule has 0 bridgehead atoms. The Balaban J connectivity index is 2.43. The Kier molecular flexibility index (Phi) is 3.80. The molecule has 2 rings (SSSR count). The first-order valence-corrected chi connectivity index (χ1v) is 6.01. The number of benzene rings is 2. The zero-order valence-electron chi connectivity index (χ0n) is 10.4. The molecule has 0 heterocycles. The highest BCUT2D eigenvalue weighted by molar-refractivity contribution is 5.89. The second-order valence-electron chi connectivity index (χ2n) is 4.06. The standard InChI is InChI=1S/C16H17N/c1-3-17-12-6-9-15-13(2)10-11-14-7-4-5-8-16(14)15/h4-5,7-8,10-11,17H,3,12H2,1-2H3. The van der Waals surface area contributed by atoms with Crippen molar-refractivity contribution in [2.45, 2.75) is 13.8 Å². The SMILES string of the molecule is CCNCC#Cc1c(C)ccc2ccccc12. The van der Waals surface area contributed by atoms with Crippen LogP contribution < -0.4 is 5.32 Å². The summed E-state index contributed by atoms with van der Waals surface area (Å²) in [5.74, 6) is 6.45. The van der Waals surface area contributed by atoms with Gasteiger partial charge in [0, 0.05) is 5.56 Å². The molecular formula is C16H17N. The van der Waals surface area contributed by atoms with Crippen molar-refractivity contribution in [1.82, 2.24) is 5.32 Å². The minimum absolute atomic E-state index is 0.749. The molecule has 0 amide bonds. The fourth-order valence-electron chi connectivity index (χ4n) is 1.87. The van der Waals surface area contributed by atoms with Crippen molar-refractivity contribution in [1.29, 1.82) is 0 Å². The Hall–Kier alpha value is -1.78. The van der Waals surface area contributed by atoms with Gasteiger partial charge < -0.3 is 5.32 Å². The van der Waals surface area contributed by atoms with Crippen LogP contribution in [0.5, 0.6) is 0 Å². The summed E-state index contributed by atoms with van der Waals surface area (Å²) in [5, 5.41) is 5.71. The average Bonchev–Trinajstić information content (AvgIpc) is 2.37. The Labute approximate surface area is 103 Å². The monoisotopic (exact) mass is 223 g/mol. The molecule has 0 aliphatic carbocycles. The first kappa shape index (κ1) is 11.7. The zero-order chi connectivity index (χ0) is 12.1. The van der Waals surface area contributed by atoms with E-state index in [1.165, 1.54) is 16.3 Å². The van der Waals surface area contributed by atoms with Crippen LogP contribution in [0.4, 0.5) is 0 Å². The van der Waals surface area contributed by atoms with Gasteiger partial charge in [0.15, 0.2) is 0 Å². The highest BCUT2D eigenvalue weighted by Gasteiger charge is 2.00. The van der Waals surface area contributed by atoms with Gasteiger partial charge in [-0.2, -0.15) is 0 Å². The van der Waals surface area contributed by atoms with E-state index in [2.05, 4.69) is 67.4 Å². The van der Waals surface area contributed by atoms with Crippen LogP contribution in [0.3, 0.4) is 0 Å². The molecule has 0 aromatic heterocycles. The number of hydrogen-bond donors (Lipinski definition) is 1. The lowest BCUT2D eigenvalue weighted by Gasteiger charge is -2.04. The number of hydrogen-bond acceptors (Lipinski definition) is 1. The molecule has 0 aliphatic rings. The van der Waals surface area contributed by atoms with Gasteiger partial charge in [-0.25, -0.2) is 0 Å². The van der Waals surface area contributed by atoms with E-state index < -0.39 is 0 Å². The smallest absolute Gasteiger partial charge is 0.0580 e. The predicted molar refractivity (Wildman–Crippen MR) is 74.1 cm³/mol. The van der Waals surface area contributed by atoms with Crippen LogP contribution >= 0.6 is 0 Å². The molecule has 2 aromatic rings. The van der Waals surface area contributed by atoms with Crippen molar-refractivity contribution in [3.8, 4) is 11.8 Å².